The number of benzene rings is 2. The standard InChI is InChI=1S/C29H38Cl2N4O4/c1-4-8-24-29(38)35(3)19(2)27(36)34-25(18-20-12-13-22(30)23(31)17-20)28(37)33-14-7-10-21-9-5-6-11-26(21)39-16-15-32-24/h5-6,9,11-13,17,19,24-25,32H,4,7-8,10,14-16,18H2,1-3H3,(H,33,37)(H,34,36)/t19-,24+,25-/m1/s1. The first-order valence-corrected chi connectivity index (χ1v) is 14.2. The number of nitrogens with one attached hydrogen (secondary N) is 3. The van der Waals surface area contributed by atoms with E-state index < -0.39 is 24.0 Å². The molecule has 1 aliphatic heterocycles. The summed E-state index contributed by atoms with van der Waals surface area (Å²) < 4.78 is 6.02. The van der Waals surface area contributed by atoms with Crippen molar-refractivity contribution in [1.82, 2.24) is 20.9 Å². The number of hydrogen-bond donors (Lipinski definition) is 3. The van der Waals surface area contributed by atoms with Crippen molar-refractivity contribution in [3.63, 3.8) is 0 Å². The maximum Gasteiger partial charge on any atom is 0.243 e. The van der Waals surface area contributed by atoms with Crippen molar-refractivity contribution in [1.29, 1.82) is 0 Å². The molecule has 1 aliphatic rings. The lowest BCUT2D eigenvalue weighted by Crippen LogP contribution is -2.56. The first-order valence-electron chi connectivity index (χ1n) is 13.4. The number of carbonyl (C=O) groups is 3. The summed E-state index contributed by atoms with van der Waals surface area (Å²) in [5, 5.41) is 9.88. The number of fused-ring (bicyclic) bond motifs is 1. The van der Waals surface area contributed by atoms with Gasteiger partial charge in [-0.15, -0.1) is 0 Å². The average molecular weight is 578 g/mol. The Bertz CT molecular complexity index is 1150. The number of ether oxygens (including phenoxy) is 1. The second kappa shape index (κ2) is 15.1. The third-order valence-corrected chi connectivity index (χ3v) is 7.62. The van der Waals surface area contributed by atoms with Gasteiger partial charge in [0.2, 0.25) is 17.7 Å². The fourth-order valence-electron chi connectivity index (χ4n) is 4.48. The van der Waals surface area contributed by atoms with Gasteiger partial charge in [0.1, 0.15) is 24.4 Å². The van der Waals surface area contributed by atoms with Crippen molar-refractivity contribution < 1.29 is 19.1 Å². The van der Waals surface area contributed by atoms with Crippen LogP contribution in [0.25, 0.3) is 0 Å². The van der Waals surface area contributed by atoms with Crippen LogP contribution in [0.4, 0.5) is 0 Å². The van der Waals surface area contributed by atoms with E-state index in [0.29, 0.717) is 49.0 Å². The highest BCUT2D eigenvalue weighted by Gasteiger charge is 2.30. The number of likely N-dealkylation sites (N-methyl/N-ethyl adjacent to an activating group) is 1. The molecular formula is C29H38Cl2N4O4. The van der Waals surface area contributed by atoms with Gasteiger partial charge < -0.3 is 25.6 Å². The van der Waals surface area contributed by atoms with Gasteiger partial charge in [-0.3, -0.25) is 14.4 Å². The third kappa shape index (κ3) is 8.85. The van der Waals surface area contributed by atoms with Gasteiger partial charge in [-0.25, -0.2) is 0 Å². The van der Waals surface area contributed by atoms with E-state index in [2.05, 4.69) is 16.0 Å². The highest BCUT2D eigenvalue weighted by molar-refractivity contribution is 6.42. The molecule has 0 saturated heterocycles. The van der Waals surface area contributed by atoms with Crippen LogP contribution in [0.1, 0.15) is 44.2 Å². The lowest BCUT2D eigenvalue weighted by atomic mass is 10.0. The maximum absolute atomic E-state index is 13.3. The quantitative estimate of drug-likeness (QED) is 0.514. The van der Waals surface area contributed by atoms with Crippen molar-refractivity contribution in [2.24, 2.45) is 0 Å². The van der Waals surface area contributed by atoms with Crippen molar-refractivity contribution in [3.05, 3.63) is 63.6 Å². The van der Waals surface area contributed by atoms with Crippen LogP contribution >= 0.6 is 23.2 Å². The van der Waals surface area contributed by atoms with Crippen LogP contribution in [-0.2, 0) is 27.2 Å². The van der Waals surface area contributed by atoms with E-state index in [4.69, 9.17) is 27.9 Å². The van der Waals surface area contributed by atoms with Crippen LogP contribution in [0.2, 0.25) is 10.0 Å². The smallest absolute Gasteiger partial charge is 0.243 e. The molecule has 3 rings (SSSR count). The van der Waals surface area contributed by atoms with Crippen molar-refractivity contribution >= 4 is 40.9 Å². The molecule has 0 fully saturated rings. The number of amides is 3. The summed E-state index contributed by atoms with van der Waals surface area (Å²) >= 11 is 12.2. The first kappa shape index (κ1) is 30.7. The molecule has 0 aromatic heterocycles. The average Bonchev–Trinajstić information content (AvgIpc) is 2.93. The molecular weight excluding hydrogens is 539 g/mol. The van der Waals surface area contributed by atoms with Crippen molar-refractivity contribution in [3.8, 4) is 5.75 Å². The van der Waals surface area contributed by atoms with Gasteiger partial charge in [0, 0.05) is 26.6 Å². The Balaban J connectivity index is 1.85. The van der Waals surface area contributed by atoms with Crippen LogP contribution in [0, 0.1) is 0 Å². The van der Waals surface area contributed by atoms with Gasteiger partial charge in [-0.05, 0) is 55.5 Å². The molecule has 0 saturated carbocycles. The lowest BCUT2D eigenvalue weighted by Gasteiger charge is -2.30. The predicted molar refractivity (Wildman–Crippen MR) is 154 cm³/mol. The van der Waals surface area contributed by atoms with Gasteiger partial charge in [0.05, 0.1) is 16.1 Å². The topological polar surface area (TPSA) is 99.8 Å². The van der Waals surface area contributed by atoms with E-state index >= 15 is 0 Å². The van der Waals surface area contributed by atoms with E-state index in [1.807, 2.05) is 31.2 Å². The Morgan fingerprint density at radius 2 is 1.77 bits per heavy atom. The van der Waals surface area contributed by atoms with E-state index in [0.717, 1.165) is 23.3 Å². The summed E-state index contributed by atoms with van der Waals surface area (Å²) in [6.45, 7) is 4.98. The number of carbonyl (C=O) groups excluding carboxylic acids is 3. The first-order chi connectivity index (χ1) is 18.7. The monoisotopic (exact) mass is 576 g/mol. The minimum atomic E-state index is -0.861. The summed E-state index contributed by atoms with van der Waals surface area (Å²) in [6.07, 6.45) is 3.05. The maximum atomic E-state index is 13.3. The Morgan fingerprint density at radius 3 is 2.51 bits per heavy atom. The van der Waals surface area contributed by atoms with Crippen LogP contribution in [-0.4, -0.2) is 67.5 Å². The van der Waals surface area contributed by atoms with Gasteiger partial charge >= 0.3 is 0 Å². The van der Waals surface area contributed by atoms with E-state index in [-0.39, 0.29) is 18.2 Å². The van der Waals surface area contributed by atoms with Crippen LogP contribution in [0.3, 0.4) is 0 Å². The Hall–Kier alpha value is -2.81. The summed E-state index contributed by atoms with van der Waals surface area (Å²) in [7, 11) is 1.61. The summed E-state index contributed by atoms with van der Waals surface area (Å²) in [5.41, 5.74) is 1.80. The molecule has 0 radical (unpaired) electrons. The highest BCUT2D eigenvalue weighted by atomic mass is 35.5. The molecule has 3 N–H and O–H groups in total. The molecule has 0 aliphatic carbocycles. The molecule has 2 aromatic rings. The molecule has 2 aromatic carbocycles. The normalized spacial score (nSPS) is 22.1. The lowest BCUT2D eigenvalue weighted by molar-refractivity contribution is -0.141. The SMILES string of the molecule is CCC[C@@H]1NCCOc2ccccc2CCCNC(=O)[C@@H](Cc2ccc(Cl)c(Cl)c2)NC(=O)[C@@H](C)N(C)C1=O. The number of rotatable bonds is 4. The molecule has 3 atom stereocenters. The third-order valence-electron chi connectivity index (χ3n) is 6.89. The number of para-hydroxylation sites is 1. The van der Waals surface area contributed by atoms with Crippen molar-refractivity contribution in [2.75, 3.05) is 26.7 Å². The Kier molecular flexibility index (Phi) is 11.9. The second-order valence-electron chi connectivity index (χ2n) is 9.79. The Morgan fingerprint density at radius 1 is 1.00 bits per heavy atom. The second-order valence-corrected chi connectivity index (χ2v) is 10.6. The molecule has 10 heteroatoms. The fraction of sp³-hybridized carbons (Fsp3) is 0.483. The largest absolute Gasteiger partial charge is 0.492 e. The summed E-state index contributed by atoms with van der Waals surface area (Å²) in [4.78, 5) is 41.3. The molecule has 0 bridgehead atoms. The van der Waals surface area contributed by atoms with Gasteiger partial charge in [0.25, 0.3) is 0 Å². The van der Waals surface area contributed by atoms with Crippen LogP contribution < -0.4 is 20.7 Å². The number of nitrogens with zero attached hydrogens (tertiary/aromatic N) is 1. The molecule has 3 amide bonds. The molecule has 0 spiro atoms. The predicted octanol–water partition coefficient (Wildman–Crippen LogP) is 3.77. The highest BCUT2D eigenvalue weighted by Crippen LogP contribution is 2.23. The van der Waals surface area contributed by atoms with Crippen molar-refractivity contribution in [2.45, 2.75) is 64.1 Å². The molecule has 0 unspecified atom stereocenters. The number of aryl methyl sites for hydroxylation is 1. The molecule has 1 heterocycles. The van der Waals surface area contributed by atoms with Crippen LogP contribution in [0.5, 0.6) is 5.75 Å². The van der Waals surface area contributed by atoms with E-state index in [1.54, 1.807) is 32.2 Å². The van der Waals surface area contributed by atoms with E-state index in [1.165, 1.54) is 4.90 Å². The molecule has 212 valence electrons. The van der Waals surface area contributed by atoms with Gasteiger partial charge in [0.15, 0.2) is 0 Å². The van der Waals surface area contributed by atoms with Crippen LogP contribution in [0.15, 0.2) is 42.5 Å². The zero-order valence-corrected chi connectivity index (χ0v) is 24.3. The van der Waals surface area contributed by atoms with Gasteiger partial charge in [-0.1, -0.05) is 60.8 Å². The minimum absolute atomic E-state index is 0.188. The minimum Gasteiger partial charge on any atom is -0.492 e. The number of halogens is 2. The Labute approximate surface area is 240 Å². The summed E-state index contributed by atoms with van der Waals surface area (Å²) in [6, 6.07) is 10.8. The summed E-state index contributed by atoms with van der Waals surface area (Å²) in [5.74, 6) is -0.126. The van der Waals surface area contributed by atoms with E-state index in [9.17, 15) is 14.4 Å². The van der Waals surface area contributed by atoms with Gasteiger partial charge in [-0.2, -0.15) is 0 Å². The molecule has 39 heavy (non-hydrogen) atoms. The molecule has 8 nitrogen and oxygen atoms in total. The zero-order valence-electron chi connectivity index (χ0n) is 22.8. The number of hydrogen-bond acceptors (Lipinski definition) is 5. The zero-order chi connectivity index (χ0) is 28.4. The fourth-order valence-corrected chi connectivity index (χ4v) is 4.80.